The summed E-state index contributed by atoms with van der Waals surface area (Å²) in [5, 5.41) is 7.19. The van der Waals surface area contributed by atoms with Gasteiger partial charge in [0.05, 0.1) is 6.61 Å². The van der Waals surface area contributed by atoms with Crippen molar-refractivity contribution < 1.29 is 24.2 Å². The molecule has 0 saturated carbocycles. The fraction of sp³-hybridized carbons (Fsp3) is 0.500. The van der Waals surface area contributed by atoms with Gasteiger partial charge in [-0.05, 0) is 6.92 Å². The average molecular weight is 203 g/mol. The van der Waals surface area contributed by atoms with Gasteiger partial charge in [-0.3, -0.25) is 0 Å². The van der Waals surface area contributed by atoms with E-state index in [4.69, 9.17) is 19.4 Å². The molecule has 1 amide bonds. The third kappa shape index (κ3) is 8.54. The van der Waals surface area contributed by atoms with Crippen LogP contribution in [0.4, 0.5) is 4.79 Å². The standard InChI is InChI=1S/C7H10O3.CH3NO2/c1-5(2)7(8)10-4-6-3-9-6;2-1(3)4/h6H,1,3-4H2,2H3;2H2,(H,3,4). The lowest BCUT2D eigenvalue weighted by molar-refractivity contribution is -0.139. The van der Waals surface area contributed by atoms with E-state index in [1.165, 1.54) is 0 Å². The highest BCUT2D eigenvalue weighted by atomic mass is 16.6. The molecule has 0 bridgehead atoms. The summed E-state index contributed by atoms with van der Waals surface area (Å²) in [6, 6.07) is 0. The van der Waals surface area contributed by atoms with Crippen LogP contribution in [0.25, 0.3) is 0 Å². The van der Waals surface area contributed by atoms with E-state index >= 15 is 0 Å². The van der Waals surface area contributed by atoms with Gasteiger partial charge < -0.3 is 20.3 Å². The van der Waals surface area contributed by atoms with Crippen LogP contribution in [0.2, 0.25) is 0 Å². The number of rotatable bonds is 3. The molecule has 14 heavy (non-hydrogen) atoms. The monoisotopic (exact) mass is 203 g/mol. The number of epoxide rings is 1. The molecule has 1 atom stereocenters. The summed E-state index contributed by atoms with van der Waals surface area (Å²) in [5.74, 6) is -0.337. The van der Waals surface area contributed by atoms with Crippen LogP contribution in [-0.2, 0) is 14.3 Å². The first-order chi connectivity index (χ1) is 6.43. The maximum absolute atomic E-state index is 10.7. The first-order valence-corrected chi connectivity index (χ1v) is 3.86. The molecule has 3 N–H and O–H groups in total. The molecule has 1 fully saturated rings. The Morgan fingerprint density at radius 1 is 1.71 bits per heavy atom. The van der Waals surface area contributed by atoms with Crippen LogP contribution in [0, 0.1) is 0 Å². The lowest BCUT2D eigenvalue weighted by Crippen LogP contribution is -2.09. The first kappa shape index (κ1) is 12.4. The van der Waals surface area contributed by atoms with Crippen molar-refractivity contribution in [3.8, 4) is 0 Å². The van der Waals surface area contributed by atoms with Gasteiger partial charge in [-0.25, -0.2) is 9.59 Å². The van der Waals surface area contributed by atoms with Gasteiger partial charge in [0.15, 0.2) is 0 Å². The van der Waals surface area contributed by atoms with Gasteiger partial charge in [0.1, 0.15) is 12.7 Å². The number of primary amides is 1. The van der Waals surface area contributed by atoms with Gasteiger partial charge in [-0.1, -0.05) is 6.58 Å². The molecule has 6 heteroatoms. The number of esters is 1. The molecule has 0 radical (unpaired) electrons. The lowest BCUT2D eigenvalue weighted by Gasteiger charge is -1.99. The summed E-state index contributed by atoms with van der Waals surface area (Å²) in [7, 11) is 0. The van der Waals surface area contributed by atoms with Crippen LogP contribution in [-0.4, -0.2) is 36.5 Å². The Bertz CT molecular complexity index is 230. The Hall–Kier alpha value is -1.56. The number of ether oxygens (including phenoxy) is 2. The maximum atomic E-state index is 10.7. The van der Waals surface area contributed by atoms with Crippen molar-refractivity contribution in [1.29, 1.82) is 0 Å². The topological polar surface area (TPSA) is 102 Å². The summed E-state index contributed by atoms with van der Waals surface area (Å²) in [4.78, 5) is 19.5. The molecule has 1 aliphatic rings. The van der Waals surface area contributed by atoms with E-state index in [1.54, 1.807) is 6.92 Å². The molecule has 1 rings (SSSR count). The van der Waals surface area contributed by atoms with E-state index in [-0.39, 0.29) is 12.1 Å². The van der Waals surface area contributed by atoms with Gasteiger partial charge >= 0.3 is 12.1 Å². The number of carbonyl (C=O) groups is 2. The third-order valence-corrected chi connectivity index (χ3v) is 1.15. The first-order valence-electron chi connectivity index (χ1n) is 3.86. The third-order valence-electron chi connectivity index (χ3n) is 1.15. The molecule has 0 spiro atoms. The number of carboxylic acid groups (broad SMARTS) is 1. The summed E-state index contributed by atoms with van der Waals surface area (Å²) >= 11 is 0. The summed E-state index contributed by atoms with van der Waals surface area (Å²) in [6.45, 7) is 6.14. The quantitative estimate of drug-likeness (QED) is 0.385. The van der Waals surface area contributed by atoms with Crippen molar-refractivity contribution in [3.63, 3.8) is 0 Å². The van der Waals surface area contributed by atoms with E-state index in [0.29, 0.717) is 18.8 Å². The van der Waals surface area contributed by atoms with Gasteiger partial charge in [0.2, 0.25) is 0 Å². The summed E-state index contributed by atoms with van der Waals surface area (Å²) < 4.78 is 9.60. The number of nitrogens with two attached hydrogens (primary N) is 1. The van der Waals surface area contributed by atoms with Gasteiger partial charge in [0.25, 0.3) is 0 Å². The van der Waals surface area contributed by atoms with Gasteiger partial charge in [-0.15, -0.1) is 0 Å². The SMILES string of the molecule is C=C(C)C(=O)OCC1CO1.NC(=O)O. The Balaban J connectivity index is 0.000000364. The Kier molecular flexibility index (Phi) is 5.31. The Morgan fingerprint density at radius 3 is 2.43 bits per heavy atom. The number of amides is 1. The Morgan fingerprint density at radius 2 is 2.14 bits per heavy atom. The molecule has 1 heterocycles. The Labute approximate surface area is 81.3 Å². The molecule has 0 aliphatic carbocycles. The van der Waals surface area contributed by atoms with Crippen LogP contribution in [0.3, 0.4) is 0 Å². The molecule has 1 aliphatic heterocycles. The zero-order valence-electron chi connectivity index (χ0n) is 7.86. The van der Waals surface area contributed by atoms with Crippen LogP contribution in [0.15, 0.2) is 12.2 Å². The van der Waals surface area contributed by atoms with Crippen molar-refractivity contribution in [3.05, 3.63) is 12.2 Å². The van der Waals surface area contributed by atoms with Crippen molar-refractivity contribution >= 4 is 12.1 Å². The van der Waals surface area contributed by atoms with Crippen LogP contribution < -0.4 is 5.73 Å². The zero-order chi connectivity index (χ0) is 11.1. The minimum Gasteiger partial charge on any atom is -0.465 e. The molecule has 1 saturated heterocycles. The number of hydrogen-bond donors (Lipinski definition) is 2. The fourth-order valence-corrected chi connectivity index (χ4v) is 0.456. The highest BCUT2D eigenvalue weighted by Gasteiger charge is 2.24. The molecule has 0 aromatic carbocycles. The van der Waals surface area contributed by atoms with E-state index in [9.17, 15) is 4.79 Å². The van der Waals surface area contributed by atoms with Crippen LogP contribution >= 0.6 is 0 Å². The number of hydrogen-bond acceptors (Lipinski definition) is 4. The highest BCUT2D eigenvalue weighted by Crippen LogP contribution is 2.09. The van der Waals surface area contributed by atoms with Crippen molar-refractivity contribution in [2.75, 3.05) is 13.2 Å². The van der Waals surface area contributed by atoms with Crippen molar-refractivity contribution in [2.24, 2.45) is 5.73 Å². The molecular formula is C8H13NO5. The second-order valence-corrected chi connectivity index (χ2v) is 2.67. The highest BCUT2D eigenvalue weighted by molar-refractivity contribution is 5.86. The second kappa shape index (κ2) is 5.98. The van der Waals surface area contributed by atoms with Crippen molar-refractivity contribution in [2.45, 2.75) is 13.0 Å². The summed E-state index contributed by atoms with van der Waals surface area (Å²) in [6.07, 6.45) is -1.19. The molecule has 6 nitrogen and oxygen atoms in total. The molecule has 0 aromatic heterocycles. The maximum Gasteiger partial charge on any atom is 0.402 e. The molecule has 0 aromatic rings. The lowest BCUT2D eigenvalue weighted by atomic mass is 10.4. The molecule has 80 valence electrons. The second-order valence-electron chi connectivity index (χ2n) is 2.67. The number of carbonyl (C=O) groups excluding carboxylic acids is 1. The van der Waals surface area contributed by atoms with Gasteiger partial charge in [0, 0.05) is 5.57 Å². The predicted molar refractivity (Wildman–Crippen MR) is 47.7 cm³/mol. The van der Waals surface area contributed by atoms with Gasteiger partial charge in [-0.2, -0.15) is 0 Å². The average Bonchev–Trinajstić information content (AvgIpc) is 2.81. The molecule has 1 unspecified atom stereocenters. The van der Waals surface area contributed by atoms with Crippen LogP contribution in [0.1, 0.15) is 6.92 Å². The van der Waals surface area contributed by atoms with E-state index in [1.807, 2.05) is 0 Å². The van der Waals surface area contributed by atoms with Crippen molar-refractivity contribution in [1.82, 2.24) is 0 Å². The predicted octanol–water partition coefficient (Wildman–Crippen LogP) is 0.128. The molecular weight excluding hydrogens is 190 g/mol. The smallest absolute Gasteiger partial charge is 0.402 e. The fourth-order valence-electron chi connectivity index (χ4n) is 0.456. The van der Waals surface area contributed by atoms with E-state index < -0.39 is 6.09 Å². The largest absolute Gasteiger partial charge is 0.465 e. The normalized spacial score (nSPS) is 17.4. The minimum atomic E-state index is -1.33. The zero-order valence-corrected chi connectivity index (χ0v) is 7.86. The van der Waals surface area contributed by atoms with Crippen LogP contribution in [0.5, 0.6) is 0 Å². The minimum absolute atomic E-state index is 0.142. The van der Waals surface area contributed by atoms with E-state index in [2.05, 4.69) is 12.3 Å². The van der Waals surface area contributed by atoms with E-state index in [0.717, 1.165) is 0 Å². The summed E-state index contributed by atoms with van der Waals surface area (Å²) in [5.41, 5.74) is 4.46.